The molecule has 44 heavy (non-hydrogen) atoms. The molecule has 5 rings (SSSR count). The highest BCUT2D eigenvalue weighted by molar-refractivity contribution is 7.93. The van der Waals surface area contributed by atoms with Gasteiger partial charge in [-0.1, -0.05) is 54.9 Å². The van der Waals surface area contributed by atoms with Crippen LogP contribution in [0.2, 0.25) is 0 Å². The van der Waals surface area contributed by atoms with Gasteiger partial charge >= 0.3 is 0 Å². The van der Waals surface area contributed by atoms with Crippen LogP contribution in [-0.4, -0.2) is 62.3 Å². The zero-order valence-electron chi connectivity index (χ0n) is 25.4. The van der Waals surface area contributed by atoms with E-state index >= 15 is 0 Å². The first-order valence-corrected chi connectivity index (χ1v) is 18.1. The van der Waals surface area contributed by atoms with Gasteiger partial charge in [0.15, 0.2) is 21.2 Å². The van der Waals surface area contributed by atoms with Crippen LogP contribution in [0.4, 0.5) is 5.82 Å². The van der Waals surface area contributed by atoms with E-state index < -0.39 is 25.4 Å². The summed E-state index contributed by atoms with van der Waals surface area (Å²) in [6.07, 6.45) is 2.51. The van der Waals surface area contributed by atoms with Gasteiger partial charge < -0.3 is 9.26 Å². The number of aromatic nitrogens is 1. The number of aliphatic imine (C=N–C) groups is 1. The summed E-state index contributed by atoms with van der Waals surface area (Å²) in [5.41, 5.74) is 2.06. The number of hydrogen-bond acceptors (Lipinski definition) is 9. The summed E-state index contributed by atoms with van der Waals surface area (Å²) >= 11 is 0. The van der Waals surface area contributed by atoms with Crippen molar-refractivity contribution in [3.05, 3.63) is 64.9 Å². The number of rotatable bonds is 12. The molecule has 3 aromatic rings. The molecule has 1 atom stereocenters. The van der Waals surface area contributed by atoms with Crippen molar-refractivity contribution in [3.8, 4) is 11.1 Å². The van der Waals surface area contributed by atoms with Gasteiger partial charge in [-0.2, -0.15) is 0 Å². The first-order valence-electron chi connectivity index (χ1n) is 14.8. The van der Waals surface area contributed by atoms with Gasteiger partial charge in [-0.15, -0.1) is 0 Å². The summed E-state index contributed by atoms with van der Waals surface area (Å²) in [6, 6.07) is 12.3. The van der Waals surface area contributed by atoms with E-state index in [2.05, 4.69) is 16.8 Å². The monoisotopic (exact) mass is 642 g/mol. The van der Waals surface area contributed by atoms with E-state index in [1.54, 1.807) is 36.9 Å². The maximum atomic E-state index is 13.7. The standard InChI is InChI=1S/C31H38N4O7S2/c1-5-7-12-28-32-31(15-16-43(37,38)20-31)30(36)35(28)18-23-13-14-25(24(17-23)19-41-6-2)26-10-8-9-11-27(26)44(39,40)34-29-21(3)22(4)42-33-29/h8-11,13-14,17H,5-7,12,15-16,18-20H2,1-4H3,(H,33,34)/t31-/m0/s1. The van der Waals surface area contributed by atoms with Crippen molar-refractivity contribution in [2.24, 2.45) is 4.99 Å². The lowest BCUT2D eigenvalue weighted by molar-refractivity contribution is -0.130. The third-order valence-corrected chi connectivity index (χ3v) is 11.3. The Morgan fingerprint density at radius 1 is 1.11 bits per heavy atom. The van der Waals surface area contributed by atoms with Crippen LogP contribution in [0.25, 0.3) is 11.1 Å². The molecule has 2 aliphatic rings. The fourth-order valence-electron chi connectivity index (χ4n) is 5.64. The van der Waals surface area contributed by atoms with Crippen molar-refractivity contribution in [1.29, 1.82) is 0 Å². The second-order valence-electron chi connectivity index (χ2n) is 11.3. The topological polar surface area (TPSA) is 148 Å². The Kier molecular flexibility index (Phi) is 9.01. The normalized spacial score (nSPS) is 19.6. The van der Waals surface area contributed by atoms with Crippen molar-refractivity contribution < 1.29 is 30.9 Å². The highest BCUT2D eigenvalue weighted by Crippen LogP contribution is 2.37. The van der Waals surface area contributed by atoms with Crippen LogP contribution in [0.15, 0.2) is 56.9 Å². The number of sulfonamides is 1. The number of nitrogens with one attached hydrogen (secondary N) is 1. The van der Waals surface area contributed by atoms with Gasteiger partial charge in [0.1, 0.15) is 11.6 Å². The number of aryl methyl sites for hydroxylation is 1. The van der Waals surface area contributed by atoms with Gasteiger partial charge in [0.2, 0.25) is 0 Å². The number of carbonyl (C=O) groups excluding carboxylic acids is 1. The number of hydrogen-bond donors (Lipinski definition) is 1. The molecule has 13 heteroatoms. The third kappa shape index (κ3) is 6.31. The van der Waals surface area contributed by atoms with E-state index in [0.717, 1.165) is 24.0 Å². The van der Waals surface area contributed by atoms with Gasteiger partial charge in [-0.25, -0.2) is 16.8 Å². The van der Waals surface area contributed by atoms with Crippen molar-refractivity contribution in [2.45, 2.75) is 77.0 Å². The van der Waals surface area contributed by atoms with Gasteiger partial charge in [-0.05, 0) is 56.4 Å². The first kappa shape index (κ1) is 31.9. The molecule has 2 aliphatic heterocycles. The molecule has 1 amide bonds. The molecule has 236 valence electrons. The van der Waals surface area contributed by atoms with Gasteiger partial charge in [-0.3, -0.25) is 19.4 Å². The minimum Gasteiger partial charge on any atom is -0.377 e. The highest BCUT2D eigenvalue weighted by Gasteiger charge is 2.54. The second kappa shape index (κ2) is 12.4. The first-order chi connectivity index (χ1) is 20.9. The Bertz CT molecular complexity index is 1820. The number of amides is 1. The summed E-state index contributed by atoms with van der Waals surface area (Å²) in [7, 11) is -7.38. The predicted molar refractivity (Wildman–Crippen MR) is 168 cm³/mol. The lowest BCUT2D eigenvalue weighted by atomic mass is 9.96. The molecule has 1 N–H and O–H groups in total. The molecule has 1 aromatic heterocycles. The summed E-state index contributed by atoms with van der Waals surface area (Å²) in [5, 5.41) is 3.85. The summed E-state index contributed by atoms with van der Waals surface area (Å²) < 4.78 is 65.3. The maximum absolute atomic E-state index is 13.7. The molecule has 1 fully saturated rings. The van der Waals surface area contributed by atoms with Crippen LogP contribution in [0.3, 0.4) is 0 Å². The lowest BCUT2D eigenvalue weighted by Crippen LogP contribution is -2.43. The Morgan fingerprint density at radius 3 is 2.55 bits per heavy atom. The number of unbranched alkanes of at least 4 members (excludes halogenated alkanes) is 1. The van der Waals surface area contributed by atoms with Crippen LogP contribution >= 0.6 is 0 Å². The molecule has 11 nitrogen and oxygen atoms in total. The number of amidine groups is 1. The van der Waals surface area contributed by atoms with Crippen LogP contribution in [0.5, 0.6) is 0 Å². The molecular weight excluding hydrogens is 604 g/mol. The van der Waals surface area contributed by atoms with E-state index in [1.165, 1.54) is 6.07 Å². The number of sulfone groups is 1. The number of anilines is 1. The average molecular weight is 643 g/mol. The SMILES string of the molecule is CCCCC1=N[C@]2(CCS(=O)(=O)C2)C(=O)N1Cc1ccc(-c2ccccc2S(=O)(=O)Nc2noc(C)c2C)c(COCC)c1. The third-order valence-electron chi connectivity index (χ3n) is 8.16. The molecule has 0 bridgehead atoms. The van der Waals surface area contributed by atoms with Crippen molar-refractivity contribution in [1.82, 2.24) is 10.1 Å². The van der Waals surface area contributed by atoms with E-state index in [9.17, 15) is 21.6 Å². The minimum atomic E-state index is -4.04. The summed E-state index contributed by atoms with van der Waals surface area (Å²) in [4.78, 5) is 20.1. The number of benzene rings is 2. The van der Waals surface area contributed by atoms with Gasteiger partial charge in [0.25, 0.3) is 15.9 Å². The lowest BCUT2D eigenvalue weighted by Gasteiger charge is -2.23. The Morgan fingerprint density at radius 2 is 1.89 bits per heavy atom. The quantitative estimate of drug-likeness (QED) is 0.297. The summed E-state index contributed by atoms with van der Waals surface area (Å²) in [6.45, 7) is 8.25. The number of nitrogens with zero attached hydrogens (tertiary/aromatic N) is 3. The molecule has 0 saturated carbocycles. The zero-order valence-corrected chi connectivity index (χ0v) is 27.1. The molecule has 2 aromatic carbocycles. The van der Waals surface area contributed by atoms with Crippen LogP contribution < -0.4 is 4.72 Å². The van der Waals surface area contributed by atoms with Crippen LogP contribution in [0, 0.1) is 13.8 Å². The number of ether oxygens (including phenoxy) is 1. The summed E-state index contributed by atoms with van der Waals surface area (Å²) in [5.74, 6) is 0.686. The van der Waals surface area contributed by atoms with Crippen LogP contribution in [0.1, 0.15) is 62.0 Å². The van der Waals surface area contributed by atoms with E-state index in [4.69, 9.17) is 14.3 Å². The molecule has 0 radical (unpaired) electrons. The fourth-order valence-corrected chi connectivity index (χ4v) is 8.78. The fraction of sp³-hybridized carbons (Fsp3) is 0.452. The smallest absolute Gasteiger partial charge is 0.263 e. The molecule has 0 unspecified atom stereocenters. The highest BCUT2D eigenvalue weighted by atomic mass is 32.2. The van der Waals surface area contributed by atoms with Gasteiger partial charge in [0.05, 0.1) is 29.6 Å². The Hall–Kier alpha value is -3.55. The average Bonchev–Trinajstić information content (AvgIpc) is 3.57. The van der Waals surface area contributed by atoms with Crippen molar-refractivity contribution >= 4 is 37.4 Å². The Balaban J connectivity index is 1.49. The van der Waals surface area contributed by atoms with Crippen molar-refractivity contribution in [3.63, 3.8) is 0 Å². The Labute approximate surface area is 258 Å². The maximum Gasteiger partial charge on any atom is 0.263 e. The molecule has 0 aliphatic carbocycles. The minimum absolute atomic E-state index is 0.0443. The zero-order chi connectivity index (χ0) is 31.7. The molecule has 1 spiro atoms. The second-order valence-corrected chi connectivity index (χ2v) is 15.2. The number of carbonyl (C=O) groups is 1. The van der Waals surface area contributed by atoms with E-state index in [0.29, 0.717) is 41.3 Å². The molecular formula is C31H38N4O7S2. The molecule has 1 saturated heterocycles. The van der Waals surface area contributed by atoms with Gasteiger partial charge in [0, 0.05) is 24.2 Å². The molecule has 3 heterocycles. The predicted octanol–water partition coefficient (Wildman–Crippen LogP) is 4.78. The van der Waals surface area contributed by atoms with Crippen LogP contribution in [-0.2, 0) is 42.5 Å². The van der Waals surface area contributed by atoms with E-state index in [-0.39, 0.29) is 47.7 Å². The van der Waals surface area contributed by atoms with Crippen molar-refractivity contribution in [2.75, 3.05) is 22.8 Å². The van der Waals surface area contributed by atoms with E-state index in [1.807, 2.05) is 25.1 Å². The largest absolute Gasteiger partial charge is 0.377 e.